The number of para-hydroxylation sites is 1. The van der Waals surface area contributed by atoms with Crippen molar-refractivity contribution in [3.05, 3.63) is 30.3 Å². The molecule has 0 bridgehead atoms. The Labute approximate surface area is 107 Å². The Bertz CT molecular complexity index is 380. The van der Waals surface area contributed by atoms with Gasteiger partial charge in [0.05, 0.1) is 19.1 Å². The van der Waals surface area contributed by atoms with Crippen LogP contribution < -0.4 is 4.74 Å². The molecule has 4 nitrogen and oxygen atoms in total. The van der Waals surface area contributed by atoms with E-state index in [1.165, 1.54) is 0 Å². The topological polar surface area (TPSA) is 49.8 Å². The van der Waals surface area contributed by atoms with Gasteiger partial charge in [-0.05, 0) is 25.0 Å². The van der Waals surface area contributed by atoms with Gasteiger partial charge in [-0.3, -0.25) is 4.79 Å². The molecule has 0 spiro atoms. The zero-order valence-corrected chi connectivity index (χ0v) is 10.4. The third-order valence-corrected chi connectivity index (χ3v) is 3.08. The zero-order chi connectivity index (χ0) is 12.8. The lowest BCUT2D eigenvalue weighted by Crippen LogP contribution is -2.42. The van der Waals surface area contributed by atoms with Gasteiger partial charge in [0.2, 0.25) is 5.91 Å². The molecule has 1 aromatic carbocycles. The second-order valence-corrected chi connectivity index (χ2v) is 4.55. The summed E-state index contributed by atoms with van der Waals surface area (Å²) in [6, 6.07) is 9.47. The summed E-state index contributed by atoms with van der Waals surface area (Å²) in [5.74, 6) is 0.841. The van der Waals surface area contributed by atoms with Gasteiger partial charge in [-0.2, -0.15) is 0 Å². The Hall–Kier alpha value is -1.55. The molecule has 0 unspecified atom stereocenters. The highest BCUT2D eigenvalue weighted by atomic mass is 16.5. The fourth-order valence-corrected chi connectivity index (χ4v) is 2.11. The van der Waals surface area contributed by atoms with Crippen LogP contribution in [-0.4, -0.2) is 41.7 Å². The minimum Gasteiger partial charge on any atom is -0.493 e. The number of aliphatic hydroxyl groups is 1. The van der Waals surface area contributed by atoms with Gasteiger partial charge >= 0.3 is 0 Å². The van der Waals surface area contributed by atoms with Crippen molar-refractivity contribution in [1.82, 2.24) is 4.90 Å². The van der Waals surface area contributed by atoms with Crippen molar-refractivity contribution in [2.75, 3.05) is 19.7 Å². The van der Waals surface area contributed by atoms with Gasteiger partial charge in [0.1, 0.15) is 5.75 Å². The molecule has 0 aromatic heterocycles. The van der Waals surface area contributed by atoms with E-state index in [1.54, 1.807) is 4.90 Å². The number of aliphatic hydroxyl groups excluding tert-OH is 1. The van der Waals surface area contributed by atoms with Gasteiger partial charge in [0.25, 0.3) is 0 Å². The van der Waals surface area contributed by atoms with Crippen LogP contribution in [0.5, 0.6) is 5.75 Å². The summed E-state index contributed by atoms with van der Waals surface area (Å²) >= 11 is 0. The minimum absolute atomic E-state index is 0.0599. The lowest BCUT2D eigenvalue weighted by molar-refractivity contribution is -0.134. The summed E-state index contributed by atoms with van der Waals surface area (Å²) in [7, 11) is 0. The number of hydrogen-bond donors (Lipinski definition) is 1. The third kappa shape index (κ3) is 3.74. The smallest absolute Gasteiger partial charge is 0.226 e. The van der Waals surface area contributed by atoms with Gasteiger partial charge in [0.15, 0.2) is 0 Å². The molecule has 0 aliphatic carbocycles. The van der Waals surface area contributed by atoms with E-state index in [1.807, 2.05) is 30.3 Å². The summed E-state index contributed by atoms with van der Waals surface area (Å²) in [5.41, 5.74) is 0. The highest BCUT2D eigenvalue weighted by Crippen LogP contribution is 2.12. The van der Waals surface area contributed by atoms with E-state index in [4.69, 9.17) is 4.74 Å². The molecule has 1 fully saturated rings. The molecule has 2 rings (SSSR count). The number of rotatable bonds is 4. The number of hydrogen-bond acceptors (Lipinski definition) is 3. The van der Waals surface area contributed by atoms with Crippen molar-refractivity contribution >= 4 is 5.91 Å². The maximum Gasteiger partial charge on any atom is 0.226 e. The fraction of sp³-hybridized carbons (Fsp3) is 0.500. The quantitative estimate of drug-likeness (QED) is 0.878. The van der Waals surface area contributed by atoms with Crippen LogP contribution in [-0.2, 0) is 4.79 Å². The van der Waals surface area contributed by atoms with Crippen LogP contribution in [0.1, 0.15) is 19.3 Å². The maximum atomic E-state index is 11.9. The van der Waals surface area contributed by atoms with Crippen molar-refractivity contribution in [1.29, 1.82) is 0 Å². The van der Waals surface area contributed by atoms with Crippen LogP contribution in [0.15, 0.2) is 30.3 Å². The molecule has 4 heteroatoms. The second kappa shape index (κ2) is 6.40. The van der Waals surface area contributed by atoms with E-state index < -0.39 is 0 Å². The molecule has 1 aliphatic rings. The average Bonchev–Trinajstić information content (AvgIpc) is 2.40. The van der Waals surface area contributed by atoms with Gasteiger partial charge in [-0.15, -0.1) is 0 Å². The van der Waals surface area contributed by atoms with E-state index >= 15 is 0 Å². The summed E-state index contributed by atoms with van der Waals surface area (Å²) in [5, 5.41) is 9.51. The van der Waals surface area contributed by atoms with Crippen molar-refractivity contribution in [3.8, 4) is 5.75 Å². The lowest BCUT2D eigenvalue weighted by atomic mass is 10.1. The van der Waals surface area contributed by atoms with Gasteiger partial charge in [0, 0.05) is 13.1 Å². The highest BCUT2D eigenvalue weighted by Gasteiger charge is 2.21. The predicted octanol–water partition coefficient (Wildman–Crippen LogP) is 1.44. The first kappa shape index (κ1) is 12.9. The molecule has 1 saturated heterocycles. The van der Waals surface area contributed by atoms with Crippen LogP contribution in [0.2, 0.25) is 0 Å². The maximum absolute atomic E-state index is 11.9. The second-order valence-electron chi connectivity index (χ2n) is 4.55. The summed E-state index contributed by atoms with van der Waals surface area (Å²) < 4.78 is 5.48. The number of nitrogens with zero attached hydrogens (tertiary/aromatic N) is 1. The number of likely N-dealkylation sites (tertiary alicyclic amines) is 1. The Morgan fingerprint density at radius 3 is 2.89 bits per heavy atom. The Balaban J connectivity index is 1.71. The van der Waals surface area contributed by atoms with E-state index in [9.17, 15) is 9.90 Å². The van der Waals surface area contributed by atoms with Crippen molar-refractivity contribution in [3.63, 3.8) is 0 Å². The molecule has 0 radical (unpaired) electrons. The van der Waals surface area contributed by atoms with Crippen LogP contribution in [0.3, 0.4) is 0 Å². The molecule has 1 aromatic rings. The number of β-amino-alcohol motifs (C(OH)–C–C–N with tert-alkyl or cyclic N) is 1. The normalized spacial score (nSPS) is 19.6. The number of amides is 1. The third-order valence-electron chi connectivity index (χ3n) is 3.08. The molecule has 1 N–H and O–H groups in total. The van der Waals surface area contributed by atoms with E-state index in [2.05, 4.69) is 0 Å². The van der Waals surface area contributed by atoms with Crippen molar-refractivity contribution < 1.29 is 14.6 Å². The molecule has 1 aliphatic heterocycles. The Morgan fingerprint density at radius 2 is 2.17 bits per heavy atom. The highest BCUT2D eigenvalue weighted by molar-refractivity contribution is 5.76. The van der Waals surface area contributed by atoms with Crippen LogP contribution in [0, 0.1) is 0 Å². The van der Waals surface area contributed by atoms with Crippen LogP contribution in [0.25, 0.3) is 0 Å². The number of ether oxygens (including phenoxy) is 1. The molecule has 0 saturated carbocycles. The summed E-state index contributed by atoms with van der Waals surface area (Å²) in [6.07, 6.45) is 1.68. The first-order chi connectivity index (χ1) is 8.75. The SMILES string of the molecule is O=C(CCOc1ccccc1)N1CCC[C@H](O)C1. The molecule has 1 amide bonds. The van der Waals surface area contributed by atoms with Crippen LogP contribution >= 0.6 is 0 Å². The largest absolute Gasteiger partial charge is 0.493 e. The monoisotopic (exact) mass is 249 g/mol. The zero-order valence-electron chi connectivity index (χ0n) is 10.4. The summed E-state index contributed by atoms with van der Waals surface area (Å²) in [4.78, 5) is 13.6. The molecular weight excluding hydrogens is 230 g/mol. The molecule has 1 heterocycles. The van der Waals surface area contributed by atoms with E-state index in [-0.39, 0.29) is 12.0 Å². The van der Waals surface area contributed by atoms with Crippen molar-refractivity contribution in [2.45, 2.75) is 25.4 Å². The van der Waals surface area contributed by atoms with Gasteiger partial charge in [-0.25, -0.2) is 0 Å². The predicted molar refractivity (Wildman–Crippen MR) is 68.4 cm³/mol. The first-order valence-electron chi connectivity index (χ1n) is 6.39. The van der Waals surface area contributed by atoms with Gasteiger partial charge in [-0.1, -0.05) is 18.2 Å². The lowest BCUT2D eigenvalue weighted by Gasteiger charge is -2.30. The van der Waals surface area contributed by atoms with E-state index in [0.717, 1.165) is 25.1 Å². The number of benzene rings is 1. The van der Waals surface area contributed by atoms with E-state index in [0.29, 0.717) is 19.6 Å². The molecular formula is C14H19NO3. The van der Waals surface area contributed by atoms with Crippen LogP contribution in [0.4, 0.5) is 0 Å². The molecule has 1 atom stereocenters. The van der Waals surface area contributed by atoms with Crippen molar-refractivity contribution in [2.24, 2.45) is 0 Å². The van der Waals surface area contributed by atoms with Gasteiger partial charge < -0.3 is 14.7 Å². The standard InChI is InChI=1S/C14H19NO3/c16-12-5-4-9-15(11-12)14(17)8-10-18-13-6-2-1-3-7-13/h1-3,6-7,12,16H,4-5,8-11H2/t12-/m0/s1. The fourth-order valence-electron chi connectivity index (χ4n) is 2.11. The Kier molecular flexibility index (Phi) is 4.59. The summed E-state index contributed by atoms with van der Waals surface area (Å²) in [6.45, 7) is 1.60. The number of piperidine rings is 1. The number of carbonyl (C=O) groups is 1. The average molecular weight is 249 g/mol. The first-order valence-corrected chi connectivity index (χ1v) is 6.39. The minimum atomic E-state index is -0.363. The molecule has 18 heavy (non-hydrogen) atoms. The Morgan fingerprint density at radius 1 is 1.39 bits per heavy atom. The molecule has 98 valence electrons. The number of carbonyl (C=O) groups excluding carboxylic acids is 1.